The number of rotatable bonds is 7. The van der Waals surface area contributed by atoms with Crippen molar-refractivity contribution in [3.05, 3.63) is 0 Å². The molecule has 126 valence electrons. The van der Waals surface area contributed by atoms with Crippen LogP contribution in [-0.2, 0) is 28.7 Å². The van der Waals surface area contributed by atoms with Gasteiger partial charge in [0, 0.05) is 13.8 Å². The van der Waals surface area contributed by atoms with E-state index in [0.29, 0.717) is 0 Å². The number of nitrogens with one attached hydrogen (secondary N) is 2. The SMILES string of the molecule is COC(=O)[C@@](C)(CC[C@@](C)(NC(C)=O)C(=O)OC)NC(C)=O. The average Bonchev–Trinajstić information content (AvgIpc) is 2.41. The molecule has 0 radical (unpaired) electrons. The third-order valence-corrected chi connectivity index (χ3v) is 3.30. The Kier molecular flexibility index (Phi) is 7.02. The zero-order chi connectivity index (χ0) is 17.6. The summed E-state index contributed by atoms with van der Waals surface area (Å²) < 4.78 is 9.38. The molecule has 0 aliphatic heterocycles. The molecule has 0 unspecified atom stereocenters. The van der Waals surface area contributed by atoms with Crippen LogP contribution >= 0.6 is 0 Å². The smallest absolute Gasteiger partial charge is 0.331 e. The lowest BCUT2D eigenvalue weighted by atomic mass is 9.86. The van der Waals surface area contributed by atoms with E-state index < -0.39 is 34.8 Å². The average molecular weight is 316 g/mol. The molecule has 0 fully saturated rings. The van der Waals surface area contributed by atoms with Gasteiger partial charge in [-0.15, -0.1) is 0 Å². The molecule has 8 heteroatoms. The van der Waals surface area contributed by atoms with Crippen molar-refractivity contribution in [2.45, 2.75) is 51.6 Å². The topological polar surface area (TPSA) is 111 Å². The van der Waals surface area contributed by atoms with Crippen LogP contribution in [0.4, 0.5) is 0 Å². The van der Waals surface area contributed by atoms with E-state index in [1.54, 1.807) is 0 Å². The van der Waals surface area contributed by atoms with E-state index in [2.05, 4.69) is 10.6 Å². The first-order valence-electron chi connectivity index (χ1n) is 6.75. The monoisotopic (exact) mass is 316 g/mol. The fourth-order valence-electron chi connectivity index (χ4n) is 2.16. The molecule has 0 spiro atoms. The Morgan fingerprint density at radius 2 is 1.05 bits per heavy atom. The van der Waals surface area contributed by atoms with Gasteiger partial charge in [-0.3, -0.25) is 9.59 Å². The number of methoxy groups -OCH3 is 2. The lowest BCUT2D eigenvalue weighted by Gasteiger charge is -2.33. The number of carbonyl (C=O) groups is 4. The number of hydrogen-bond donors (Lipinski definition) is 2. The lowest BCUT2D eigenvalue weighted by Crippen LogP contribution is -2.57. The number of hydrogen-bond acceptors (Lipinski definition) is 6. The first-order chi connectivity index (χ1) is 10.0. The van der Waals surface area contributed by atoms with Crippen LogP contribution in [0.2, 0.25) is 0 Å². The summed E-state index contributed by atoms with van der Waals surface area (Å²) in [4.78, 5) is 46.4. The fraction of sp³-hybridized carbons (Fsp3) is 0.714. The Hall–Kier alpha value is -2.12. The van der Waals surface area contributed by atoms with Gasteiger partial charge in [0.2, 0.25) is 11.8 Å². The largest absolute Gasteiger partial charge is 0.467 e. The van der Waals surface area contributed by atoms with Crippen LogP contribution < -0.4 is 10.6 Å². The van der Waals surface area contributed by atoms with Crippen molar-refractivity contribution in [2.75, 3.05) is 14.2 Å². The zero-order valence-electron chi connectivity index (χ0n) is 13.9. The summed E-state index contributed by atoms with van der Waals surface area (Å²) >= 11 is 0. The van der Waals surface area contributed by atoms with Crippen LogP contribution in [0, 0.1) is 0 Å². The highest BCUT2D eigenvalue weighted by Gasteiger charge is 2.41. The summed E-state index contributed by atoms with van der Waals surface area (Å²) in [6.45, 7) is 5.53. The van der Waals surface area contributed by atoms with Gasteiger partial charge >= 0.3 is 11.9 Å². The van der Waals surface area contributed by atoms with Crippen molar-refractivity contribution in [1.29, 1.82) is 0 Å². The molecule has 0 aliphatic carbocycles. The van der Waals surface area contributed by atoms with Gasteiger partial charge in [-0.05, 0) is 26.7 Å². The Labute approximate surface area is 129 Å². The van der Waals surface area contributed by atoms with Gasteiger partial charge in [-0.2, -0.15) is 0 Å². The fourth-order valence-corrected chi connectivity index (χ4v) is 2.16. The van der Waals surface area contributed by atoms with Crippen LogP contribution in [0.3, 0.4) is 0 Å². The van der Waals surface area contributed by atoms with E-state index in [0.717, 1.165) is 0 Å². The van der Waals surface area contributed by atoms with Gasteiger partial charge in [0.05, 0.1) is 14.2 Å². The highest BCUT2D eigenvalue weighted by atomic mass is 16.5. The Morgan fingerprint density at radius 1 is 0.773 bits per heavy atom. The summed E-state index contributed by atoms with van der Waals surface area (Å²) in [5.74, 6) is -2.10. The van der Waals surface area contributed by atoms with Gasteiger partial charge in [0.1, 0.15) is 11.1 Å². The second kappa shape index (κ2) is 7.77. The molecule has 8 nitrogen and oxygen atoms in total. The molecule has 0 saturated carbocycles. The molecule has 0 aliphatic rings. The number of ether oxygens (including phenoxy) is 2. The van der Waals surface area contributed by atoms with E-state index >= 15 is 0 Å². The van der Waals surface area contributed by atoms with E-state index in [1.165, 1.54) is 41.9 Å². The predicted octanol–water partition coefficient (Wildman–Crippen LogP) is -0.0978. The molecule has 2 atom stereocenters. The van der Waals surface area contributed by atoms with Crippen LogP contribution in [0.15, 0.2) is 0 Å². The highest BCUT2D eigenvalue weighted by molar-refractivity contribution is 5.88. The molecule has 2 N–H and O–H groups in total. The quantitative estimate of drug-likeness (QED) is 0.635. The molecule has 0 aromatic carbocycles. The number of carbonyl (C=O) groups excluding carboxylic acids is 4. The van der Waals surface area contributed by atoms with Crippen LogP contribution in [0.1, 0.15) is 40.5 Å². The van der Waals surface area contributed by atoms with Crippen LogP contribution in [-0.4, -0.2) is 49.1 Å². The summed E-state index contributed by atoms with van der Waals surface area (Å²) in [5, 5.41) is 5.02. The summed E-state index contributed by atoms with van der Waals surface area (Å²) in [7, 11) is 2.41. The second-order valence-corrected chi connectivity index (χ2v) is 5.51. The highest BCUT2D eigenvalue weighted by Crippen LogP contribution is 2.22. The van der Waals surface area contributed by atoms with Crippen molar-refractivity contribution in [1.82, 2.24) is 10.6 Å². The van der Waals surface area contributed by atoms with Crippen molar-refractivity contribution in [2.24, 2.45) is 0 Å². The first-order valence-corrected chi connectivity index (χ1v) is 6.75. The summed E-state index contributed by atoms with van der Waals surface area (Å²) in [5.41, 5.74) is -2.62. The Morgan fingerprint density at radius 3 is 1.23 bits per heavy atom. The first kappa shape index (κ1) is 19.9. The maximum Gasteiger partial charge on any atom is 0.331 e. The minimum absolute atomic E-state index is 0.0745. The number of esters is 2. The second-order valence-electron chi connectivity index (χ2n) is 5.51. The molecule has 0 bridgehead atoms. The maximum absolute atomic E-state index is 11.9. The predicted molar refractivity (Wildman–Crippen MR) is 77.7 cm³/mol. The zero-order valence-corrected chi connectivity index (χ0v) is 13.9. The van der Waals surface area contributed by atoms with E-state index in [-0.39, 0.29) is 12.8 Å². The third-order valence-electron chi connectivity index (χ3n) is 3.30. The van der Waals surface area contributed by atoms with Gasteiger partial charge < -0.3 is 20.1 Å². The lowest BCUT2D eigenvalue weighted by molar-refractivity contribution is -0.153. The minimum Gasteiger partial charge on any atom is -0.467 e. The van der Waals surface area contributed by atoms with Gasteiger partial charge in [0.15, 0.2) is 0 Å². The van der Waals surface area contributed by atoms with E-state index in [9.17, 15) is 19.2 Å². The maximum atomic E-state index is 11.9. The van der Waals surface area contributed by atoms with Gasteiger partial charge in [-0.1, -0.05) is 0 Å². The molecule has 0 aromatic rings. The molecule has 0 heterocycles. The Balaban J connectivity index is 5.28. The molecule has 0 saturated heterocycles. The molecule has 22 heavy (non-hydrogen) atoms. The molecule has 0 rings (SSSR count). The van der Waals surface area contributed by atoms with E-state index in [4.69, 9.17) is 9.47 Å². The molecular weight excluding hydrogens is 292 g/mol. The minimum atomic E-state index is -1.31. The van der Waals surface area contributed by atoms with Crippen molar-refractivity contribution in [3.8, 4) is 0 Å². The van der Waals surface area contributed by atoms with Gasteiger partial charge in [-0.25, -0.2) is 9.59 Å². The Bertz CT molecular complexity index is 422. The normalized spacial score (nSPS) is 15.7. The van der Waals surface area contributed by atoms with Gasteiger partial charge in [0.25, 0.3) is 0 Å². The van der Waals surface area contributed by atoms with Crippen molar-refractivity contribution in [3.63, 3.8) is 0 Å². The summed E-state index contributed by atoms with van der Waals surface area (Å²) in [6, 6.07) is 0. The van der Waals surface area contributed by atoms with Crippen molar-refractivity contribution >= 4 is 23.8 Å². The molecule has 2 amide bonds. The molecular formula is C14H24N2O6. The number of amides is 2. The summed E-state index contributed by atoms with van der Waals surface area (Å²) in [6.07, 6.45) is 0.149. The third kappa shape index (κ3) is 5.34. The molecule has 0 aromatic heterocycles. The van der Waals surface area contributed by atoms with Crippen LogP contribution in [0.5, 0.6) is 0 Å². The van der Waals surface area contributed by atoms with Crippen molar-refractivity contribution < 1.29 is 28.7 Å². The standard InChI is InChI=1S/C14H24N2O6/c1-9(17)15-13(3,11(19)21-5)7-8-14(4,12(20)22-6)16-10(2)18/h7-8H2,1-6H3,(H,15,17)(H,16,18)/t13-,14-/m1/s1. The van der Waals surface area contributed by atoms with E-state index in [1.807, 2.05) is 0 Å². The van der Waals surface area contributed by atoms with Crippen LogP contribution in [0.25, 0.3) is 0 Å².